The van der Waals surface area contributed by atoms with Crippen molar-refractivity contribution in [3.8, 4) is 0 Å². The van der Waals surface area contributed by atoms with E-state index in [9.17, 15) is 0 Å². The van der Waals surface area contributed by atoms with Crippen LogP contribution in [0.5, 0.6) is 0 Å². The number of hydrogen-bond donors (Lipinski definition) is 0. The Morgan fingerprint density at radius 3 is 1.49 bits per heavy atom. The van der Waals surface area contributed by atoms with Crippen LogP contribution in [0.3, 0.4) is 0 Å². The molecule has 5 heteroatoms. The summed E-state index contributed by atoms with van der Waals surface area (Å²) in [4.78, 5) is 0. The van der Waals surface area contributed by atoms with E-state index in [-0.39, 0.29) is 42.6 Å². The quantitative estimate of drug-likeness (QED) is 0.155. The number of hydrogen-bond acceptors (Lipinski definition) is 0. The zero-order valence-corrected chi connectivity index (χ0v) is 31.1. The summed E-state index contributed by atoms with van der Waals surface area (Å²) in [6.45, 7) is 12.0. The van der Waals surface area contributed by atoms with Crippen LogP contribution in [0.15, 0.2) is 50.6 Å². The molecule has 1 aromatic carbocycles. The first-order chi connectivity index (χ1) is 17.4. The van der Waals surface area contributed by atoms with Gasteiger partial charge < -0.3 is 37.2 Å². The second-order valence-corrected chi connectivity index (χ2v) is 15.2. The average Bonchev–Trinajstić information content (AvgIpc) is 3.08. The molecule has 0 nitrogen and oxygen atoms in total. The Hall–Kier alpha value is 0.501. The van der Waals surface area contributed by atoms with Gasteiger partial charge in [0.2, 0.25) is 0 Å². The summed E-state index contributed by atoms with van der Waals surface area (Å²) < 4.78 is 1.61. The van der Waals surface area contributed by atoms with E-state index in [1.54, 1.807) is 20.2 Å². The Balaban J connectivity index is 0. The van der Waals surface area contributed by atoms with Gasteiger partial charge in [0, 0.05) is 0 Å². The first-order valence-corrected chi connectivity index (χ1v) is 17.8. The van der Waals surface area contributed by atoms with Crippen LogP contribution in [0.25, 0.3) is 0 Å². The van der Waals surface area contributed by atoms with Gasteiger partial charge in [-0.05, 0) is 0 Å². The van der Waals surface area contributed by atoms with Crippen molar-refractivity contribution >= 4 is 14.7 Å². The molecule has 1 aromatic rings. The predicted molar refractivity (Wildman–Crippen MR) is 161 cm³/mol. The molecule has 0 fully saturated rings. The van der Waals surface area contributed by atoms with E-state index in [0.717, 1.165) is 5.92 Å². The van der Waals surface area contributed by atoms with Crippen LogP contribution in [0, 0.1) is 11.3 Å². The molecule has 0 spiro atoms. The summed E-state index contributed by atoms with van der Waals surface area (Å²) in [5.41, 5.74) is 3.64. The molecular weight excluding hydrogens is 591 g/mol. The second kappa shape index (κ2) is 24.0. The van der Waals surface area contributed by atoms with Gasteiger partial charge in [-0.3, -0.25) is 0 Å². The summed E-state index contributed by atoms with van der Waals surface area (Å²) in [6, 6.07) is 11.4. The van der Waals surface area contributed by atoms with Crippen molar-refractivity contribution in [3.63, 3.8) is 0 Å². The Labute approximate surface area is 276 Å². The summed E-state index contributed by atoms with van der Waals surface area (Å²) in [7, 11) is -0.402. The monoisotopic (exact) mass is 646 g/mol. The first-order valence-electron chi connectivity index (χ1n) is 15.6. The van der Waals surface area contributed by atoms with Gasteiger partial charge in [-0.2, -0.15) is 0 Å². The maximum Gasteiger partial charge on any atom is -1.00 e. The molecule has 0 amide bonds. The van der Waals surface area contributed by atoms with Gasteiger partial charge in [-0.15, -0.1) is 0 Å². The van der Waals surface area contributed by atoms with Crippen molar-refractivity contribution < 1.29 is 57.7 Å². The smallest absolute Gasteiger partial charge is 1.00 e. The third-order valence-corrected chi connectivity index (χ3v) is 11.4. The fourth-order valence-corrected chi connectivity index (χ4v) is 10.1. The summed E-state index contributed by atoms with van der Waals surface area (Å²) in [5, 5.41) is 3.46. The Morgan fingerprint density at radius 2 is 1.08 bits per heavy atom. The molecule has 1 aliphatic carbocycles. The zero-order valence-electron chi connectivity index (χ0n) is 25.8. The minimum atomic E-state index is -0.402. The number of benzene rings is 1. The van der Waals surface area contributed by atoms with E-state index in [1.807, 2.05) is 5.20 Å². The largest absolute Gasteiger partial charge is 1.00 e. The van der Waals surface area contributed by atoms with Crippen molar-refractivity contribution in [1.82, 2.24) is 0 Å². The molecule has 39 heavy (non-hydrogen) atoms. The van der Waals surface area contributed by atoms with Crippen molar-refractivity contribution in [2.24, 2.45) is 11.3 Å². The maximum absolute atomic E-state index is 2.44. The molecule has 0 aromatic heterocycles. The molecule has 0 bridgehead atoms. The number of rotatable bonds is 19. The molecule has 222 valence electrons. The Kier molecular flexibility index (Phi) is 25.6. The minimum absolute atomic E-state index is 0. The predicted octanol–water partition coefficient (Wildman–Crippen LogP) is 0.895. The molecule has 0 heterocycles. The SMILES string of the molecule is CCCCCCCCCCCCCCCCCCC1C(C)=[C]([Ti+3])C(C(C)(C)C)=C1[SiH2]c1ccccc1.[Cl-].[Cl-].[Cl-]. The molecule has 1 aliphatic rings. The van der Waals surface area contributed by atoms with Crippen LogP contribution in [0.4, 0.5) is 0 Å². The Morgan fingerprint density at radius 1 is 0.667 bits per heavy atom. The first kappa shape index (κ1) is 41.6. The second-order valence-electron chi connectivity index (χ2n) is 12.5. The molecular formula is C34H57Cl3SiTi. The number of unbranched alkanes of at least 4 members (excludes halogenated alkanes) is 15. The summed E-state index contributed by atoms with van der Waals surface area (Å²) >= 11 is 2.41. The molecule has 2 rings (SSSR count). The molecule has 0 aliphatic heterocycles. The molecule has 0 saturated heterocycles. The molecule has 1 unspecified atom stereocenters. The molecule has 0 saturated carbocycles. The maximum atomic E-state index is 2.44. The molecule has 0 N–H and O–H groups in total. The van der Waals surface area contributed by atoms with E-state index in [2.05, 4.69) is 85.4 Å². The molecule has 1 atom stereocenters. The fraction of sp³-hybridized carbons (Fsp3) is 0.706. The average molecular weight is 648 g/mol. The van der Waals surface area contributed by atoms with Gasteiger partial charge >= 0.3 is 183 Å². The van der Waals surface area contributed by atoms with Gasteiger partial charge in [0.25, 0.3) is 0 Å². The van der Waals surface area contributed by atoms with Crippen LogP contribution >= 0.6 is 0 Å². The third kappa shape index (κ3) is 16.1. The fourth-order valence-electron chi connectivity index (χ4n) is 6.14. The van der Waals surface area contributed by atoms with Crippen LogP contribution in [-0.2, 0) is 20.4 Å². The van der Waals surface area contributed by atoms with Crippen molar-refractivity contribution in [1.29, 1.82) is 0 Å². The topological polar surface area (TPSA) is 0 Å². The van der Waals surface area contributed by atoms with Crippen molar-refractivity contribution in [2.75, 3.05) is 0 Å². The molecule has 0 radical (unpaired) electrons. The van der Waals surface area contributed by atoms with Gasteiger partial charge in [-0.1, -0.05) is 58.3 Å². The van der Waals surface area contributed by atoms with E-state index >= 15 is 0 Å². The van der Waals surface area contributed by atoms with Crippen LogP contribution < -0.4 is 42.4 Å². The van der Waals surface area contributed by atoms with Crippen molar-refractivity contribution in [3.05, 3.63) is 50.6 Å². The summed E-state index contributed by atoms with van der Waals surface area (Å²) in [6.07, 6.45) is 24.6. The van der Waals surface area contributed by atoms with E-state index in [1.165, 1.54) is 109 Å². The number of halogens is 3. The van der Waals surface area contributed by atoms with Crippen LogP contribution in [-0.4, -0.2) is 9.52 Å². The van der Waals surface area contributed by atoms with Crippen LogP contribution in [0.2, 0.25) is 0 Å². The van der Waals surface area contributed by atoms with Gasteiger partial charge in [0.15, 0.2) is 0 Å². The zero-order chi connectivity index (χ0) is 26.2. The van der Waals surface area contributed by atoms with Gasteiger partial charge in [-0.25, -0.2) is 0 Å². The van der Waals surface area contributed by atoms with Crippen molar-refractivity contribution in [2.45, 2.75) is 144 Å². The standard InChI is InChI=1S/C34H57Si.3ClH.Ti/c1-6-7-8-9-10-11-12-13-14-15-16-17-18-19-20-24-27-31-29(2)28-32(34(3,4)5)33(31)35-30-25-22-21-23-26-30;;;;/h21-23,25-26,31H,6-20,24,27,35H2,1-5H3;3*1H;/q;;;;+3/p-3. The van der Waals surface area contributed by atoms with Crippen LogP contribution in [0.1, 0.15) is 144 Å². The minimum Gasteiger partial charge on any atom is -1.00 e. The Bertz CT molecular complexity index is 798. The normalized spacial score (nSPS) is 15.5. The van der Waals surface area contributed by atoms with Gasteiger partial charge in [0.05, 0.1) is 0 Å². The van der Waals surface area contributed by atoms with E-state index < -0.39 is 9.52 Å². The summed E-state index contributed by atoms with van der Waals surface area (Å²) in [5.74, 6) is 0.720. The number of allylic oxidation sites excluding steroid dienone is 4. The third-order valence-electron chi connectivity index (χ3n) is 8.24. The van der Waals surface area contributed by atoms with E-state index in [4.69, 9.17) is 0 Å². The van der Waals surface area contributed by atoms with E-state index in [0.29, 0.717) is 0 Å². The van der Waals surface area contributed by atoms with Gasteiger partial charge in [0.1, 0.15) is 0 Å².